The van der Waals surface area contributed by atoms with Crippen molar-refractivity contribution in [3.8, 4) is 0 Å². The predicted octanol–water partition coefficient (Wildman–Crippen LogP) is 1.49. The molecule has 0 radical (unpaired) electrons. The molecule has 1 fully saturated rings. The van der Waals surface area contributed by atoms with Crippen molar-refractivity contribution in [3.63, 3.8) is 0 Å². The van der Waals surface area contributed by atoms with Gasteiger partial charge in [0.25, 0.3) is 0 Å². The Morgan fingerprint density at radius 1 is 1.58 bits per heavy atom. The lowest BCUT2D eigenvalue weighted by atomic mass is 10.1. The van der Waals surface area contributed by atoms with Crippen molar-refractivity contribution in [1.82, 2.24) is 4.90 Å². The third kappa shape index (κ3) is 2.46. The topological polar surface area (TPSA) is 23.5 Å². The largest absolute Gasteiger partial charge is 0.391 e. The van der Waals surface area contributed by atoms with E-state index in [1.165, 1.54) is 4.90 Å². The number of likely N-dealkylation sites (N-methyl/N-ethyl adjacent to an activating group) is 1. The van der Waals surface area contributed by atoms with Crippen molar-refractivity contribution in [2.75, 3.05) is 13.5 Å². The van der Waals surface area contributed by atoms with Gasteiger partial charge in [0, 0.05) is 16.7 Å². The maximum Gasteiger partial charge on any atom is 0.0695 e. The highest BCUT2D eigenvalue weighted by molar-refractivity contribution is 4.83. The van der Waals surface area contributed by atoms with E-state index in [-0.39, 0.29) is 6.04 Å². The number of aliphatic hydroxyl groups excluding tert-OH is 1. The van der Waals surface area contributed by atoms with Crippen LogP contribution in [-0.2, 0) is 0 Å². The van der Waals surface area contributed by atoms with E-state index in [0.29, 0.717) is 12.5 Å². The molecule has 2 atom stereocenters. The molecule has 0 aromatic carbocycles. The zero-order valence-electron chi connectivity index (χ0n) is 11.0. The van der Waals surface area contributed by atoms with Crippen LogP contribution in [-0.4, -0.2) is 35.7 Å². The minimum absolute atomic E-state index is 0.181. The van der Waals surface area contributed by atoms with Crippen LogP contribution in [0.1, 0.15) is 37.2 Å². The summed E-state index contributed by atoms with van der Waals surface area (Å²) < 4.78 is 22.5. The Morgan fingerprint density at radius 3 is 2.75 bits per heavy atom. The summed E-state index contributed by atoms with van der Waals surface area (Å²) in [4.78, 5) is 1.50. The van der Waals surface area contributed by atoms with Gasteiger partial charge in [-0.1, -0.05) is 13.8 Å². The maximum atomic E-state index is 9.74. The first-order valence-corrected chi connectivity index (χ1v) is 4.77. The molecule has 1 aliphatic carbocycles. The summed E-state index contributed by atoms with van der Waals surface area (Å²) in [7, 11) is 0. The Kier molecular flexibility index (Phi) is 2.26. The van der Waals surface area contributed by atoms with Crippen molar-refractivity contribution in [3.05, 3.63) is 0 Å². The summed E-state index contributed by atoms with van der Waals surface area (Å²) in [6.45, 7) is 2.44. The molecular weight excluding hydrogens is 150 g/mol. The van der Waals surface area contributed by atoms with Gasteiger partial charge in [0.2, 0.25) is 0 Å². The summed E-state index contributed by atoms with van der Waals surface area (Å²) in [6, 6.07) is -0.181. The van der Waals surface area contributed by atoms with Gasteiger partial charge in [-0.2, -0.15) is 0 Å². The molecule has 2 heteroatoms. The molecule has 0 bridgehead atoms. The van der Waals surface area contributed by atoms with Gasteiger partial charge >= 0.3 is 0 Å². The number of hydrogen-bond donors (Lipinski definition) is 1. The van der Waals surface area contributed by atoms with E-state index in [4.69, 9.17) is 4.11 Å². The summed E-state index contributed by atoms with van der Waals surface area (Å²) in [5, 5.41) is 9.74. The van der Waals surface area contributed by atoms with E-state index >= 15 is 0 Å². The average Bonchev–Trinajstić information content (AvgIpc) is 2.45. The number of nitrogens with zero attached hydrogens (tertiary/aromatic N) is 1. The molecule has 0 heterocycles. The Bertz CT molecular complexity index is 205. The molecule has 0 spiro atoms. The summed E-state index contributed by atoms with van der Waals surface area (Å²) in [6.07, 6.45) is 1.99. The Morgan fingerprint density at radius 2 is 2.33 bits per heavy atom. The molecular formula is C10H21NO. The third-order valence-corrected chi connectivity index (χ3v) is 2.41. The Balaban J connectivity index is 2.71. The van der Waals surface area contributed by atoms with Crippen molar-refractivity contribution in [1.29, 1.82) is 0 Å². The lowest BCUT2D eigenvalue weighted by Crippen LogP contribution is -2.39. The van der Waals surface area contributed by atoms with Gasteiger partial charge in [-0.25, -0.2) is 0 Å². The molecule has 1 aliphatic rings. The molecule has 0 amide bonds. The zero-order chi connectivity index (χ0) is 11.6. The van der Waals surface area contributed by atoms with E-state index in [1.54, 1.807) is 0 Å². The second-order valence-electron chi connectivity index (χ2n) is 4.11. The lowest BCUT2D eigenvalue weighted by molar-refractivity contribution is 0.0801. The van der Waals surface area contributed by atoms with Gasteiger partial charge in [0.1, 0.15) is 0 Å². The van der Waals surface area contributed by atoms with E-state index < -0.39 is 13.1 Å². The van der Waals surface area contributed by atoms with Crippen LogP contribution in [0.25, 0.3) is 0 Å². The molecule has 0 saturated heterocycles. The lowest BCUT2D eigenvalue weighted by Gasteiger charge is -2.28. The minimum atomic E-state index is -2.08. The van der Waals surface area contributed by atoms with Crippen LogP contribution in [0.4, 0.5) is 0 Å². The quantitative estimate of drug-likeness (QED) is 0.700. The zero-order valence-corrected chi connectivity index (χ0v) is 7.95. The van der Waals surface area contributed by atoms with Crippen LogP contribution < -0.4 is 0 Å². The molecule has 0 unspecified atom stereocenters. The summed E-state index contributed by atoms with van der Waals surface area (Å²) in [5.41, 5.74) is 0. The highest BCUT2D eigenvalue weighted by Crippen LogP contribution is 2.23. The average molecular weight is 174 g/mol. The number of rotatable bonds is 3. The molecule has 0 aromatic rings. The molecule has 72 valence electrons. The minimum Gasteiger partial charge on any atom is -0.391 e. The maximum absolute atomic E-state index is 9.74. The van der Waals surface area contributed by atoms with Crippen LogP contribution in [0.3, 0.4) is 0 Å². The smallest absolute Gasteiger partial charge is 0.0695 e. The molecule has 2 nitrogen and oxygen atoms in total. The molecule has 1 saturated carbocycles. The summed E-state index contributed by atoms with van der Waals surface area (Å²) in [5.74, 6) is 0.304. The molecule has 0 aliphatic heterocycles. The van der Waals surface area contributed by atoms with Crippen molar-refractivity contribution >= 4 is 0 Å². The van der Waals surface area contributed by atoms with Crippen molar-refractivity contribution in [2.45, 2.75) is 45.3 Å². The Labute approximate surface area is 79.8 Å². The van der Waals surface area contributed by atoms with Gasteiger partial charge in [-0.05, 0) is 32.2 Å². The van der Waals surface area contributed by atoms with E-state index in [1.807, 2.05) is 13.8 Å². The predicted molar refractivity (Wildman–Crippen MR) is 51.1 cm³/mol. The fraction of sp³-hybridized carbons (Fsp3) is 1.00. The molecule has 0 aromatic heterocycles. The number of hydrogen-bond acceptors (Lipinski definition) is 2. The van der Waals surface area contributed by atoms with E-state index in [0.717, 1.165) is 19.3 Å². The van der Waals surface area contributed by atoms with Gasteiger partial charge in [-0.15, -0.1) is 0 Å². The van der Waals surface area contributed by atoms with Crippen LogP contribution in [0.5, 0.6) is 0 Å². The monoisotopic (exact) mass is 174 g/mol. The normalized spacial score (nSPS) is 35.2. The first-order valence-electron chi connectivity index (χ1n) is 6.27. The van der Waals surface area contributed by atoms with E-state index in [2.05, 4.69) is 0 Å². The SMILES string of the molecule is [2H]C([2H])([2H])N(CC(C)C)[C@H]1CCC[C@@H]1O. The van der Waals surface area contributed by atoms with Crippen molar-refractivity contribution in [2.24, 2.45) is 5.92 Å². The van der Waals surface area contributed by atoms with Crippen LogP contribution in [0, 0.1) is 5.92 Å². The molecule has 1 N–H and O–H groups in total. The first-order chi connectivity index (χ1) is 6.82. The van der Waals surface area contributed by atoms with Crippen LogP contribution in [0.2, 0.25) is 0 Å². The fourth-order valence-electron chi connectivity index (χ4n) is 1.81. The molecule has 1 rings (SSSR count). The standard InChI is InChI=1S/C10H21NO/c1-8(2)7-11(3)9-5-4-6-10(9)12/h8-10,12H,4-7H2,1-3H3/t9-,10-/m0/s1/i3D3. The van der Waals surface area contributed by atoms with Gasteiger partial charge in [-0.3, -0.25) is 0 Å². The molecule has 12 heavy (non-hydrogen) atoms. The van der Waals surface area contributed by atoms with Crippen molar-refractivity contribution < 1.29 is 9.22 Å². The first kappa shape index (κ1) is 6.39. The third-order valence-electron chi connectivity index (χ3n) is 2.41. The second-order valence-corrected chi connectivity index (χ2v) is 4.11. The van der Waals surface area contributed by atoms with Gasteiger partial charge in [0.05, 0.1) is 6.10 Å². The highest BCUT2D eigenvalue weighted by atomic mass is 16.3. The second kappa shape index (κ2) is 4.24. The summed E-state index contributed by atoms with van der Waals surface area (Å²) >= 11 is 0. The fourth-order valence-corrected chi connectivity index (χ4v) is 1.81. The van der Waals surface area contributed by atoms with Gasteiger partial charge < -0.3 is 10.0 Å². The van der Waals surface area contributed by atoms with Crippen LogP contribution >= 0.6 is 0 Å². The van der Waals surface area contributed by atoms with Gasteiger partial charge in [0.15, 0.2) is 0 Å². The highest BCUT2D eigenvalue weighted by Gasteiger charge is 2.28. The van der Waals surface area contributed by atoms with E-state index in [9.17, 15) is 5.11 Å². The van der Waals surface area contributed by atoms with Crippen LogP contribution in [0.15, 0.2) is 0 Å². The Hall–Kier alpha value is -0.0800. The number of aliphatic hydroxyl groups is 1.